The van der Waals surface area contributed by atoms with E-state index >= 15 is 0 Å². The molecule has 108 valence electrons. The second kappa shape index (κ2) is 8.85. The van der Waals surface area contributed by atoms with Gasteiger partial charge in [-0.3, -0.25) is 0 Å². The monoisotopic (exact) mass is 311 g/mol. The average Bonchev–Trinajstić information content (AvgIpc) is 2.45. The number of benzene rings is 2. The summed E-state index contributed by atoms with van der Waals surface area (Å²) in [7, 11) is 0. The van der Waals surface area contributed by atoms with Gasteiger partial charge < -0.3 is 10.1 Å². The summed E-state index contributed by atoms with van der Waals surface area (Å²) in [5, 5.41) is 4.03. The Morgan fingerprint density at radius 1 is 1.10 bits per heavy atom. The second-order valence-electron chi connectivity index (χ2n) is 4.31. The molecule has 2 aromatic carbocycles. The normalized spacial score (nSPS) is 9.90. The number of ether oxygens (including phenoxy) is 1. The zero-order valence-electron chi connectivity index (χ0n) is 11.4. The van der Waals surface area contributed by atoms with Crippen LogP contribution in [0.4, 0.5) is 0 Å². The molecule has 0 saturated heterocycles. The summed E-state index contributed by atoms with van der Waals surface area (Å²) in [5.41, 5.74) is 2.25. The lowest BCUT2D eigenvalue weighted by Gasteiger charge is -2.12. The maximum atomic E-state index is 6.03. The van der Waals surface area contributed by atoms with E-state index in [-0.39, 0.29) is 12.4 Å². The van der Waals surface area contributed by atoms with Gasteiger partial charge in [0, 0.05) is 17.1 Å². The van der Waals surface area contributed by atoms with Crippen LogP contribution >= 0.6 is 24.0 Å². The summed E-state index contributed by atoms with van der Waals surface area (Å²) in [6, 6.07) is 15.9. The Bertz CT molecular complexity index is 517. The van der Waals surface area contributed by atoms with Gasteiger partial charge in [-0.1, -0.05) is 48.9 Å². The van der Waals surface area contributed by atoms with Crippen molar-refractivity contribution in [3.05, 3.63) is 64.7 Å². The molecule has 20 heavy (non-hydrogen) atoms. The molecule has 4 heteroatoms. The number of nitrogens with one attached hydrogen (secondary N) is 1. The molecule has 0 atom stereocenters. The van der Waals surface area contributed by atoms with E-state index in [0.29, 0.717) is 6.61 Å². The van der Waals surface area contributed by atoms with E-state index in [1.54, 1.807) is 0 Å². The second-order valence-corrected chi connectivity index (χ2v) is 4.74. The third-order valence-electron chi connectivity index (χ3n) is 2.83. The molecule has 0 unspecified atom stereocenters. The van der Waals surface area contributed by atoms with E-state index in [4.69, 9.17) is 16.3 Å². The third kappa shape index (κ3) is 5.04. The zero-order valence-corrected chi connectivity index (χ0v) is 13.0. The topological polar surface area (TPSA) is 21.3 Å². The Hall–Kier alpha value is -1.22. The maximum absolute atomic E-state index is 6.03. The van der Waals surface area contributed by atoms with Gasteiger partial charge in [0.25, 0.3) is 0 Å². The lowest BCUT2D eigenvalue weighted by atomic mass is 10.2. The highest BCUT2D eigenvalue weighted by molar-refractivity contribution is 6.30. The SMILES string of the molecule is CCNCc1cc(Cl)ccc1OCc1ccccc1.Cl. The van der Waals surface area contributed by atoms with E-state index in [1.165, 1.54) is 0 Å². The van der Waals surface area contributed by atoms with Crippen molar-refractivity contribution in [3.8, 4) is 5.75 Å². The van der Waals surface area contributed by atoms with Crippen LogP contribution < -0.4 is 10.1 Å². The van der Waals surface area contributed by atoms with Crippen LogP contribution in [0.1, 0.15) is 18.1 Å². The molecular weight excluding hydrogens is 293 g/mol. The van der Waals surface area contributed by atoms with Gasteiger partial charge in [-0.25, -0.2) is 0 Å². The number of halogens is 2. The first-order valence-corrected chi connectivity index (χ1v) is 6.83. The average molecular weight is 312 g/mol. The molecule has 0 bridgehead atoms. The van der Waals surface area contributed by atoms with Crippen LogP contribution in [0, 0.1) is 0 Å². The summed E-state index contributed by atoms with van der Waals surface area (Å²) >= 11 is 6.03. The highest BCUT2D eigenvalue weighted by Gasteiger charge is 2.04. The summed E-state index contributed by atoms with van der Waals surface area (Å²) in [5.74, 6) is 0.884. The molecular formula is C16H19Cl2NO. The van der Waals surface area contributed by atoms with Gasteiger partial charge in [0.15, 0.2) is 0 Å². The molecule has 0 fully saturated rings. The number of hydrogen-bond donors (Lipinski definition) is 1. The molecule has 0 amide bonds. The standard InChI is InChI=1S/C16H18ClNO.ClH/c1-2-18-11-14-10-15(17)8-9-16(14)19-12-13-6-4-3-5-7-13;/h3-10,18H,2,11-12H2,1H3;1H. The number of rotatable bonds is 6. The van der Waals surface area contributed by atoms with Crippen molar-refractivity contribution in [2.45, 2.75) is 20.1 Å². The van der Waals surface area contributed by atoms with Gasteiger partial charge >= 0.3 is 0 Å². The van der Waals surface area contributed by atoms with Crippen molar-refractivity contribution in [2.75, 3.05) is 6.54 Å². The molecule has 2 aromatic rings. The van der Waals surface area contributed by atoms with Crippen molar-refractivity contribution < 1.29 is 4.74 Å². The largest absolute Gasteiger partial charge is 0.489 e. The van der Waals surface area contributed by atoms with Gasteiger partial charge in [0.1, 0.15) is 12.4 Å². The molecule has 1 N–H and O–H groups in total. The summed E-state index contributed by atoms with van der Waals surface area (Å²) in [6.07, 6.45) is 0. The third-order valence-corrected chi connectivity index (χ3v) is 3.06. The van der Waals surface area contributed by atoms with Crippen LogP contribution in [0.2, 0.25) is 5.02 Å². The van der Waals surface area contributed by atoms with Crippen LogP contribution in [0.15, 0.2) is 48.5 Å². The van der Waals surface area contributed by atoms with Crippen LogP contribution in [-0.2, 0) is 13.2 Å². The van der Waals surface area contributed by atoms with Gasteiger partial charge in [-0.2, -0.15) is 0 Å². The summed E-state index contributed by atoms with van der Waals surface area (Å²) in [6.45, 7) is 4.34. The Balaban J connectivity index is 0.00000200. The minimum Gasteiger partial charge on any atom is -0.489 e. The molecule has 0 heterocycles. The molecule has 0 spiro atoms. The fourth-order valence-corrected chi connectivity index (χ4v) is 2.02. The van der Waals surface area contributed by atoms with Gasteiger partial charge in [0.2, 0.25) is 0 Å². The van der Waals surface area contributed by atoms with Crippen LogP contribution in [0.5, 0.6) is 5.75 Å². The van der Waals surface area contributed by atoms with Crippen molar-refractivity contribution in [2.24, 2.45) is 0 Å². The Kier molecular flexibility index (Phi) is 7.45. The minimum atomic E-state index is 0. The van der Waals surface area contributed by atoms with Crippen LogP contribution in [0.25, 0.3) is 0 Å². The van der Waals surface area contributed by atoms with Gasteiger partial charge in [-0.05, 0) is 30.3 Å². The van der Waals surface area contributed by atoms with Crippen molar-refractivity contribution in [3.63, 3.8) is 0 Å². The van der Waals surface area contributed by atoms with Gasteiger partial charge in [0.05, 0.1) is 0 Å². The summed E-state index contributed by atoms with van der Waals surface area (Å²) in [4.78, 5) is 0. The first-order valence-electron chi connectivity index (χ1n) is 6.45. The van der Waals surface area contributed by atoms with E-state index in [2.05, 4.69) is 24.4 Å². The van der Waals surface area contributed by atoms with E-state index in [1.807, 2.05) is 36.4 Å². The first-order chi connectivity index (χ1) is 9.29. The Labute approximate surface area is 131 Å². The lowest BCUT2D eigenvalue weighted by Crippen LogP contribution is -2.13. The highest BCUT2D eigenvalue weighted by atomic mass is 35.5. The van der Waals surface area contributed by atoms with Crippen molar-refractivity contribution >= 4 is 24.0 Å². The van der Waals surface area contributed by atoms with Crippen molar-refractivity contribution in [1.29, 1.82) is 0 Å². The van der Waals surface area contributed by atoms with Crippen molar-refractivity contribution in [1.82, 2.24) is 5.32 Å². The Morgan fingerprint density at radius 2 is 1.85 bits per heavy atom. The maximum Gasteiger partial charge on any atom is 0.124 e. The molecule has 0 aromatic heterocycles. The van der Waals surface area contributed by atoms with E-state index < -0.39 is 0 Å². The fourth-order valence-electron chi connectivity index (χ4n) is 1.82. The molecule has 0 aliphatic carbocycles. The Morgan fingerprint density at radius 3 is 2.55 bits per heavy atom. The smallest absolute Gasteiger partial charge is 0.124 e. The van der Waals surface area contributed by atoms with E-state index in [0.717, 1.165) is 35.0 Å². The minimum absolute atomic E-state index is 0. The molecule has 0 aliphatic rings. The highest BCUT2D eigenvalue weighted by Crippen LogP contribution is 2.23. The number of hydrogen-bond acceptors (Lipinski definition) is 2. The molecule has 0 saturated carbocycles. The quantitative estimate of drug-likeness (QED) is 0.851. The molecule has 2 nitrogen and oxygen atoms in total. The molecule has 0 aliphatic heterocycles. The lowest BCUT2D eigenvalue weighted by molar-refractivity contribution is 0.302. The predicted octanol–water partition coefficient (Wildman–Crippen LogP) is 4.45. The van der Waals surface area contributed by atoms with E-state index in [9.17, 15) is 0 Å². The first kappa shape index (κ1) is 16.8. The van der Waals surface area contributed by atoms with Gasteiger partial charge in [-0.15, -0.1) is 12.4 Å². The van der Waals surface area contributed by atoms with Crippen LogP contribution in [0.3, 0.4) is 0 Å². The fraction of sp³-hybridized carbons (Fsp3) is 0.250. The predicted molar refractivity (Wildman–Crippen MR) is 86.9 cm³/mol. The zero-order chi connectivity index (χ0) is 13.5. The molecule has 2 rings (SSSR count). The molecule has 0 radical (unpaired) electrons. The summed E-state index contributed by atoms with van der Waals surface area (Å²) < 4.78 is 5.88. The van der Waals surface area contributed by atoms with Crippen LogP contribution in [-0.4, -0.2) is 6.54 Å².